The average molecular weight is 396 g/mol. The fraction of sp³-hybridized carbons (Fsp3) is 0.333. The number of esters is 1. The monoisotopic (exact) mass is 396 g/mol. The summed E-state index contributed by atoms with van der Waals surface area (Å²) in [5.74, 6) is -1.92. The molecular weight excluding hydrogens is 380 g/mol. The van der Waals surface area contributed by atoms with Crippen LogP contribution in [0.25, 0.3) is 0 Å². The highest BCUT2D eigenvalue weighted by atomic mass is 16.6. The van der Waals surface area contributed by atoms with E-state index in [1.54, 1.807) is 0 Å². The van der Waals surface area contributed by atoms with Crippen LogP contribution >= 0.6 is 0 Å². The first-order chi connectivity index (χ1) is 13.3. The minimum Gasteiger partial charge on any atom is -0.490 e. The number of nitro benzene ring substituents is 2. The lowest BCUT2D eigenvalue weighted by molar-refractivity contribution is -0.422. The zero-order valence-corrected chi connectivity index (χ0v) is 14.8. The molecule has 0 bridgehead atoms. The summed E-state index contributed by atoms with van der Waals surface area (Å²) in [5, 5.41) is 34.3. The Morgan fingerprint density at radius 3 is 2.39 bits per heavy atom. The van der Waals surface area contributed by atoms with Crippen molar-refractivity contribution in [2.45, 2.75) is 0 Å². The van der Waals surface area contributed by atoms with E-state index in [-0.39, 0.29) is 42.4 Å². The van der Waals surface area contributed by atoms with Gasteiger partial charge in [-0.1, -0.05) is 0 Å². The number of hydrogen-bond donors (Lipinski definition) is 2. The van der Waals surface area contributed by atoms with Gasteiger partial charge < -0.3 is 24.8 Å². The standard InChI is InChI=1S/C15H16N4O9/c1-27-10-4-3-9(12(18(23)24)13(10)19(25)26)16-11-8(15(22)28-2)7-17(5-6-20)14(11)21/h3-4,16,20H,5-7H2,1-2H3. The highest BCUT2D eigenvalue weighted by Gasteiger charge is 2.38. The summed E-state index contributed by atoms with van der Waals surface area (Å²) in [6, 6.07) is 2.24. The SMILES string of the molecule is COC(=O)C1=C(Nc2ccc(OC)c([N+](=O)[O-])c2[N+](=O)[O-])C(=O)N(CCO)C1. The molecule has 1 heterocycles. The third kappa shape index (κ3) is 3.68. The minimum absolute atomic E-state index is 0.0879. The number of nitro groups is 2. The Bertz CT molecular complexity index is 881. The quantitative estimate of drug-likeness (QED) is 0.350. The molecule has 150 valence electrons. The maximum absolute atomic E-state index is 12.5. The van der Waals surface area contributed by atoms with Crippen molar-refractivity contribution in [2.75, 3.05) is 39.2 Å². The lowest BCUT2D eigenvalue weighted by Crippen LogP contribution is -2.31. The number of carbonyl (C=O) groups excluding carboxylic acids is 2. The number of aliphatic hydroxyl groups excluding tert-OH is 1. The first kappa shape index (κ1) is 20.6. The summed E-state index contributed by atoms with van der Waals surface area (Å²) in [5.41, 5.74) is -2.69. The predicted octanol–water partition coefficient (Wildman–Crippen LogP) is 0.185. The third-order valence-electron chi connectivity index (χ3n) is 3.91. The molecule has 1 amide bonds. The van der Waals surface area contributed by atoms with Gasteiger partial charge in [0, 0.05) is 6.54 Å². The number of carbonyl (C=O) groups is 2. The predicted molar refractivity (Wildman–Crippen MR) is 92.6 cm³/mol. The van der Waals surface area contributed by atoms with Crippen molar-refractivity contribution in [1.29, 1.82) is 0 Å². The fourth-order valence-corrected chi connectivity index (χ4v) is 2.67. The molecule has 0 unspecified atom stereocenters. The molecule has 0 radical (unpaired) electrons. The summed E-state index contributed by atoms with van der Waals surface area (Å²) >= 11 is 0. The Labute approximate surface area is 157 Å². The van der Waals surface area contributed by atoms with Crippen LogP contribution in [-0.2, 0) is 14.3 Å². The summed E-state index contributed by atoms with van der Waals surface area (Å²) in [6.07, 6.45) is 0. The largest absolute Gasteiger partial charge is 0.490 e. The van der Waals surface area contributed by atoms with Crippen molar-refractivity contribution in [1.82, 2.24) is 4.90 Å². The Morgan fingerprint density at radius 2 is 1.89 bits per heavy atom. The lowest BCUT2D eigenvalue weighted by Gasteiger charge is -2.15. The fourth-order valence-electron chi connectivity index (χ4n) is 2.67. The smallest absolute Gasteiger partial charge is 0.389 e. The van der Waals surface area contributed by atoms with Gasteiger partial charge in [0.2, 0.25) is 5.75 Å². The first-order valence-corrected chi connectivity index (χ1v) is 7.75. The van der Waals surface area contributed by atoms with Crippen molar-refractivity contribution in [2.24, 2.45) is 0 Å². The summed E-state index contributed by atoms with van der Waals surface area (Å²) in [4.78, 5) is 46.4. The number of ether oxygens (including phenoxy) is 2. The van der Waals surface area contributed by atoms with Gasteiger partial charge in [-0.05, 0) is 12.1 Å². The van der Waals surface area contributed by atoms with Gasteiger partial charge in [0.15, 0.2) is 0 Å². The third-order valence-corrected chi connectivity index (χ3v) is 3.91. The molecule has 1 aromatic rings. The number of methoxy groups -OCH3 is 2. The van der Waals surface area contributed by atoms with E-state index in [1.807, 2.05) is 0 Å². The number of rotatable bonds is 8. The van der Waals surface area contributed by atoms with Gasteiger partial charge in [-0.3, -0.25) is 25.0 Å². The van der Waals surface area contributed by atoms with Crippen LogP contribution in [0.3, 0.4) is 0 Å². The van der Waals surface area contributed by atoms with E-state index in [9.17, 15) is 29.8 Å². The second-order valence-electron chi connectivity index (χ2n) is 5.45. The Hall–Kier alpha value is -3.74. The van der Waals surface area contributed by atoms with Gasteiger partial charge in [-0.25, -0.2) is 4.79 Å². The summed E-state index contributed by atoms with van der Waals surface area (Å²) < 4.78 is 9.42. The summed E-state index contributed by atoms with van der Waals surface area (Å²) in [6.45, 7) is -0.655. The molecule has 13 heteroatoms. The Balaban J connectivity index is 2.60. The zero-order chi connectivity index (χ0) is 21.0. The Kier molecular flexibility index (Phi) is 6.10. The van der Waals surface area contributed by atoms with Gasteiger partial charge in [0.1, 0.15) is 11.4 Å². The molecule has 0 spiro atoms. The van der Waals surface area contributed by atoms with Crippen molar-refractivity contribution >= 4 is 28.9 Å². The van der Waals surface area contributed by atoms with Gasteiger partial charge in [-0.15, -0.1) is 0 Å². The topological polar surface area (TPSA) is 174 Å². The molecule has 0 aliphatic carbocycles. The molecule has 0 fully saturated rings. The molecule has 1 aliphatic rings. The molecule has 0 aromatic heterocycles. The van der Waals surface area contributed by atoms with Crippen LogP contribution < -0.4 is 10.1 Å². The highest BCUT2D eigenvalue weighted by Crippen LogP contribution is 2.42. The number of nitrogens with one attached hydrogen (secondary N) is 1. The van der Waals surface area contributed by atoms with Crippen LogP contribution in [0, 0.1) is 20.2 Å². The zero-order valence-electron chi connectivity index (χ0n) is 14.8. The molecule has 28 heavy (non-hydrogen) atoms. The van der Waals surface area contributed by atoms with E-state index in [2.05, 4.69) is 10.1 Å². The number of β-amino-alcohol motifs (C(OH)–C–C–N with tert-alkyl or cyclic N) is 1. The molecule has 2 rings (SSSR count). The van der Waals surface area contributed by atoms with Crippen molar-refractivity contribution in [3.63, 3.8) is 0 Å². The van der Waals surface area contributed by atoms with Crippen LogP contribution in [0.15, 0.2) is 23.4 Å². The van der Waals surface area contributed by atoms with Crippen LogP contribution in [0.2, 0.25) is 0 Å². The van der Waals surface area contributed by atoms with Gasteiger partial charge in [-0.2, -0.15) is 0 Å². The molecule has 2 N–H and O–H groups in total. The number of amides is 1. The van der Waals surface area contributed by atoms with E-state index < -0.39 is 33.1 Å². The van der Waals surface area contributed by atoms with Crippen molar-refractivity contribution in [3.05, 3.63) is 43.6 Å². The maximum Gasteiger partial charge on any atom is 0.389 e. The normalized spacial score (nSPS) is 13.5. The first-order valence-electron chi connectivity index (χ1n) is 7.75. The van der Waals surface area contributed by atoms with Crippen LogP contribution in [0.4, 0.5) is 17.1 Å². The second kappa shape index (κ2) is 8.30. The average Bonchev–Trinajstić information content (AvgIpc) is 2.96. The van der Waals surface area contributed by atoms with Crippen molar-refractivity contribution < 1.29 is 34.0 Å². The lowest BCUT2D eigenvalue weighted by atomic mass is 10.2. The molecule has 0 saturated heterocycles. The minimum atomic E-state index is -0.994. The second-order valence-corrected chi connectivity index (χ2v) is 5.45. The van der Waals surface area contributed by atoms with Crippen LogP contribution in [0.1, 0.15) is 0 Å². The van der Waals surface area contributed by atoms with E-state index >= 15 is 0 Å². The van der Waals surface area contributed by atoms with Crippen LogP contribution in [0.5, 0.6) is 5.75 Å². The number of anilines is 1. The molecule has 0 atom stereocenters. The molecular formula is C15H16N4O9. The van der Waals surface area contributed by atoms with Gasteiger partial charge >= 0.3 is 17.3 Å². The van der Waals surface area contributed by atoms with E-state index in [0.29, 0.717) is 0 Å². The Morgan fingerprint density at radius 1 is 1.25 bits per heavy atom. The number of aliphatic hydroxyl groups is 1. The van der Waals surface area contributed by atoms with Crippen LogP contribution in [-0.4, -0.2) is 65.6 Å². The van der Waals surface area contributed by atoms with Gasteiger partial charge in [0.25, 0.3) is 5.91 Å². The number of hydrogen-bond acceptors (Lipinski definition) is 10. The molecule has 13 nitrogen and oxygen atoms in total. The maximum atomic E-state index is 12.5. The number of nitrogens with zero attached hydrogens (tertiary/aromatic N) is 3. The van der Waals surface area contributed by atoms with E-state index in [1.165, 1.54) is 0 Å². The van der Waals surface area contributed by atoms with E-state index in [0.717, 1.165) is 31.3 Å². The summed E-state index contributed by atoms with van der Waals surface area (Å²) in [7, 11) is 2.21. The molecule has 1 aromatic carbocycles. The van der Waals surface area contributed by atoms with Gasteiger partial charge in [0.05, 0.1) is 42.8 Å². The molecule has 1 aliphatic heterocycles. The van der Waals surface area contributed by atoms with E-state index in [4.69, 9.17) is 9.84 Å². The highest BCUT2D eigenvalue weighted by molar-refractivity contribution is 6.09. The molecule has 0 saturated carbocycles. The number of benzene rings is 1. The van der Waals surface area contributed by atoms with Crippen molar-refractivity contribution in [3.8, 4) is 5.75 Å².